The predicted molar refractivity (Wildman–Crippen MR) is 104 cm³/mol. The van der Waals surface area contributed by atoms with Gasteiger partial charge in [-0.3, -0.25) is 14.5 Å². The van der Waals surface area contributed by atoms with Gasteiger partial charge in [0.1, 0.15) is 4.90 Å². The van der Waals surface area contributed by atoms with Crippen molar-refractivity contribution in [1.29, 1.82) is 0 Å². The van der Waals surface area contributed by atoms with Crippen molar-refractivity contribution in [3.8, 4) is 0 Å². The minimum Gasteiger partial charge on any atom is -0.326 e. The summed E-state index contributed by atoms with van der Waals surface area (Å²) in [4.78, 5) is 16.9. The molecular formula is C20H20N4O3S. The molecule has 1 amide bonds. The first-order chi connectivity index (χ1) is 13.5. The van der Waals surface area contributed by atoms with Crippen molar-refractivity contribution in [2.24, 2.45) is 5.92 Å². The first-order valence-corrected chi connectivity index (χ1v) is 10.6. The number of aromatic nitrogens is 3. The SMILES string of the molecule is CCn1cc(S(=O)(=O)c2ccc(NC(=O)C3CC3c3cccnc3)cc2)cn1. The van der Waals surface area contributed by atoms with E-state index in [2.05, 4.69) is 15.4 Å². The molecule has 3 aromatic rings. The highest BCUT2D eigenvalue weighted by atomic mass is 32.2. The zero-order chi connectivity index (χ0) is 19.7. The maximum Gasteiger partial charge on any atom is 0.228 e. The molecule has 1 saturated carbocycles. The molecule has 1 aliphatic carbocycles. The maximum absolute atomic E-state index is 12.7. The molecule has 0 aliphatic heterocycles. The molecule has 7 nitrogen and oxygen atoms in total. The average molecular weight is 396 g/mol. The highest BCUT2D eigenvalue weighted by Crippen LogP contribution is 2.47. The van der Waals surface area contributed by atoms with E-state index in [0.717, 1.165) is 12.0 Å². The Morgan fingerprint density at radius 3 is 2.61 bits per heavy atom. The molecule has 2 unspecified atom stereocenters. The van der Waals surface area contributed by atoms with Crippen LogP contribution in [-0.4, -0.2) is 29.1 Å². The molecule has 0 spiro atoms. The minimum absolute atomic E-state index is 0.0614. The molecule has 1 aliphatic rings. The Labute approximate surface area is 163 Å². The third kappa shape index (κ3) is 3.55. The van der Waals surface area contributed by atoms with Crippen LogP contribution in [0.5, 0.6) is 0 Å². The summed E-state index contributed by atoms with van der Waals surface area (Å²) in [5.41, 5.74) is 1.64. The molecule has 2 aromatic heterocycles. The first kappa shape index (κ1) is 18.4. The van der Waals surface area contributed by atoms with E-state index in [1.54, 1.807) is 29.2 Å². The molecule has 0 radical (unpaired) electrons. The van der Waals surface area contributed by atoms with E-state index >= 15 is 0 Å². The number of sulfone groups is 1. The number of carbonyl (C=O) groups excluding carboxylic acids is 1. The Morgan fingerprint density at radius 1 is 1.18 bits per heavy atom. The molecule has 1 fully saturated rings. The highest BCUT2D eigenvalue weighted by Gasteiger charge is 2.44. The number of aryl methyl sites for hydroxylation is 1. The van der Waals surface area contributed by atoms with Crippen LogP contribution in [0.25, 0.3) is 0 Å². The Balaban J connectivity index is 1.43. The summed E-state index contributed by atoms with van der Waals surface area (Å²) in [6.07, 6.45) is 7.16. The quantitative estimate of drug-likeness (QED) is 0.691. The summed E-state index contributed by atoms with van der Waals surface area (Å²) in [6.45, 7) is 2.49. The van der Waals surface area contributed by atoms with Crippen LogP contribution >= 0.6 is 0 Å². The smallest absolute Gasteiger partial charge is 0.228 e. The second kappa shape index (κ2) is 7.20. The van der Waals surface area contributed by atoms with E-state index in [0.29, 0.717) is 12.2 Å². The van der Waals surface area contributed by atoms with E-state index in [1.807, 2.05) is 19.1 Å². The van der Waals surface area contributed by atoms with Crippen molar-refractivity contribution in [2.45, 2.75) is 35.6 Å². The van der Waals surface area contributed by atoms with Gasteiger partial charge in [-0.15, -0.1) is 0 Å². The molecule has 28 heavy (non-hydrogen) atoms. The fourth-order valence-electron chi connectivity index (χ4n) is 3.19. The van der Waals surface area contributed by atoms with Crippen LogP contribution in [0.2, 0.25) is 0 Å². The van der Waals surface area contributed by atoms with Crippen molar-refractivity contribution in [3.63, 3.8) is 0 Å². The summed E-state index contributed by atoms with van der Waals surface area (Å²) in [6, 6.07) is 10.1. The standard InChI is InChI=1S/C20H20N4O3S/c1-2-24-13-17(12-22-24)28(26,27)16-7-5-15(6-8-16)23-20(25)19-10-18(19)14-4-3-9-21-11-14/h3-9,11-13,18-19H,2,10H2,1H3,(H,23,25). The predicted octanol–water partition coefficient (Wildman–Crippen LogP) is 2.87. The second-order valence-electron chi connectivity index (χ2n) is 6.78. The van der Waals surface area contributed by atoms with Crippen molar-refractivity contribution in [1.82, 2.24) is 14.8 Å². The maximum atomic E-state index is 12.7. The Hall–Kier alpha value is -3.00. The molecule has 4 rings (SSSR count). The number of hydrogen-bond acceptors (Lipinski definition) is 5. The van der Waals surface area contributed by atoms with Crippen LogP contribution in [0.3, 0.4) is 0 Å². The zero-order valence-electron chi connectivity index (χ0n) is 15.3. The number of pyridine rings is 1. The minimum atomic E-state index is -3.63. The van der Waals surface area contributed by atoms with Crippen molar-refractivity contribution in [2.75, 3.05) is 5.32 Å². The van der Waals surface area contributed by atoms with Gasteiger partial charge in [-0.05, 0) is 55.2 Å². The Bertz CT molecular complexity index is 1090. The molecule has 8 heteroatoms. The van der Waals surface area contributed by atoms with Gasteiger partial charge in [-0.1, -0.05) is 6.07 Å². The third-order valence-electron chi connectivity index (χ3n) is 4.92. The molecule has 0 saturated heterocycles. The first-order valence-electron chi connectivity index (χ1n) is 9.07. The van der Waals surface area contributed by atoms with Gasteiger partial charge in [0.2, 0.25) is 15.7 Å². The van der Waals surface area contributed by atoms with Gasteiger partial charge in [-0.25, -0.2) is 8.42 Å². The van der Waals surface area contributed by atoms with Crippen LogP contribution in [-0.2, 0) is 21.2 Å². The van der Waals surface area contributed by atoms with Crippen molar-refractivity contribution in [3.05, 3.63) is 66.7 Å². The van der Waals surface area contributed by atoms with Gasteiger partial charge in [0.15, 0.2) is 0 Å². The van der Waals surface area contributed by atoms with Crippen LogP contribution in [0, 0.1) is 5.92 Å². The lowest BCUT2D eigenvalue weighted by molar-refractivity contribution is -0.117. The third-order valence-corrected chi connectivity index (χ3v) is 6.64. The number of anilines is 1. The second-order valence-corrected chi connectivity index (χ2v) is 8.73. The van der Waals surface area contributed by atoms with Crippen LogP contribution in [0.15, 0.2) is 71.0 Å². The van der Waals surface area contributed by atoms with Gasteiger partial charge >= 0.3 is 0 Å². The van der Waals surface area contributed by atoms with Gasteiger partial charge in [0.05, 0.1) is 11.1 Å². The normalized spacial score (nSPS) is 18.6. The van der Waals surface area contributed by atoms with Crippen molar-refractivity contribution < 1.29 is 13.2 Å². The monoisotopic (exact) mass is 396 g/mol. The summed E-state index contributed by atoms with van der Waals surface area (Å²) < 4.78 is 26.9. The van der Waals surface area contributed by atoms with Crippen molar-refractivity contribution >= 4 is 21.4 Å². The van der Waals surface area contributed by atoms with Crippen LogP contribution in [0.4, 0.5) is 5.69 Å². The molecule has 1 aromatic carbocycles. The molecule has 2 heterocycles. The molecule has 0 bridgehead atoms. The highest BCUT2D eigenvalue weighted by molar-refractivity contribution is 7.91. The lowest BCUT2D eigenvalue weighted by Gasteiger charge is -2.07. The Kier molecular flexibility index (Phi) is 4.72. The van der Waals surface area contributed by atoms with Gasteiger partial charge in [-0.2, -0.15) is 5.10 Å². The number of nitrogens with zero attached hydrogens (tertiary/aromatic N) is 3. The lowest BCUT2D eigenvalue weighted by atomic mass is 10.1. The summed E-state index contributed by atoms with van der Waals surface area (Å²) in [5, 5.41) is 6.88. The summed E-state index contributed by atoms with van der Waals surface area (Å²) in [7, 11) is -3.63. The topological polar surface area (TPSA) is 94.0 Å². The van der Waals surface area contributed by atoms with E-state index in [9.17, 15) is 13.2 Å². The van der Waals surface area contributed by atoms with Gasteiger partial charge in [0.25, 0.3) is 0 Å². The number of benzene rings is 1. The molecule has 144 valence electrons. The van der Waals surface area contributed by atoms with E-state index in [4.69, 9.17) is 0 Å². The van der Waals surface area contributed by atoms with E-state index in [1.165, 1.54) is 24.5 Å². The zero-order valence-corrected chi connectivity index (χ0v) is 16.1. The number of hydrogen-bond donors (Lipinski definition) is 1. The lowest BCUT2D eigenvalue weighted by Crippen LogP contribution is -2.14. The number of rotatable bonds is 6. The largest absolute Gasteiger partial charge is 0.326 e. The van der Waals surface area contributed by atoms with Crippen LogP contribution in [0.1, 0.15) is 24.8 Å². The summed E-state index contributed by atoms with van der Waals surface area (Å²) in [5.74, 6) is 0.0598. The summed E-state index contributed by atoms with van der Waals surface area (Å²) >= 11 is 0. The Morgan fingerprint density at radius 2 is 1.96 bits per heavy atom. The number of nitrogens with one attached hydrogen (secondary N) is 1. The fourth-order valence-corrected chi connectivity index (χ4v) is 4.41. The number of amides is 1. The van der Waals surface area contributed by atoms with Crippen LogP contribution < -0.4 is 5.32 Å². The van der Waals surface area contributed by atoms with E-state index < -0.39 is 9.84 Å². The van der Waals surface area contributed by atoms with Gasteiger partial charge in [0, 0.05) is 36.7 Å². The van der Waals surface area contributed by atoms with Gasteiger partial charge < -0.3 is 5.32 Å². The molecular weight excluding hydrogens is 376 g/mol. The van der Waals surface area contributed by atoms with E-state index in [-0.39, 0.29) is 27.5 Å². The average Bonchev–Trinajstić information content (AvgIpc) is 3.37. The molecule has 1 N–H and O–H groups in total. The fraction of sp³-hybridized carbons (Fsp3) is 0.250. The number of carbonyl (C=O) groups is 1. The molecule has 2 atom stereocenters.